The average Bonchev–Trinajstić information content (AvgIpc) is 3.26. The zero-order valence-corrected chi connectivity index (χ0v) is 21.6. The van der Waals surface area contributed by atoms with Crippen LogP contribution in [0, 0.1) is 5.82 Å². The third-order valence-electron chi connectivity index (χ3n) is 6.22. The van der Waals surface area contributed by atoms with Crippen LogP contribution < -0.4 is 14.4 Å². The van der Waals surface area contributed by atoms with Gasteiger partial charge < -0.3 is 14.6 Å². The Labute approximate surface area is 219 Å². The standard InChI is InChI=1S/C26H24Cl2FN3O3S/c27-19-9-10-22(26-25(19)20(28)16-30-26)31-36(33,34)24-11-8-18(15-21(24)29)35-14-4-13-32-12-3-6-17-5-1-2-7-23(17)32/h1-2,5,7-11,15-16,30-31H,3-4,6,12-14H2. The van der Waals surface area contributed by atoms with Crippen molar-refractivity contribution in [3.63, 3.8) is 0 Å². The fraction of sp³-hybridized carbons (Fsp3) is 0.231. The van der Waals surface area contributed by atoms with E-state index in [2.05, 4.69) is 32.8 Å². The predicted molar refractivity (Wildman–Crippen MR) is 143 cm³/mol. The molecule has 0 amide bonds. The molecule has 36 heavy (non-hydrogen) atoms. The second-order valence-corrected chi connectivity index (χ2v) is 11.1. The zero-order chi connectivity index (χ0) is 25.3. The molecule has 0 saturated heterocycles. The van der Waals surface area contributed by atoms with Gasteiger partial charge in [-0.15, -0.1) is 0 Å². The van der Waals surface area contributed by atoms with Crippen LogP contribution >= 0.6 is 23.2 Å². The number of aromatic nitrogens is 1. The first-order valence-electron chi connectivity index (χ1n) is 11.6. The number of nitrogens with zero attached hydrogens (tertiary/aromatic N) is 1. The summed E-state index contributed by atoms with van der Waals surface area (Å²) in [4.78, 5) is 4.75. The molecular weight excluding hydrogens is 524 g/mol. The van der Waals surface area contributed by atoms with E-state index in [1.807, 2.05) is 6.07 Å². The van der Waals surface area contributed by atoms with Crippen LogP contribution in [0.3, 0.4) is 0 Å². The number of sulfonamides is 1. The molecule has 0 radical (unpaired) electrons. The first-order chi connectivity index (χ1) is 17.3. The Hall–Kier alpha value is -2.94. The molecule has 3 aromatic carbocycles. The molecular formula is C26H24Cl2FN3O3S. The Morgan fingerprint density at radius 3 is 2.75 bits per heavy atom. The molecule has 5 rings (SSSR count). The van der Waals surface area contributed by atoms with E-state index in [0.29, 0.717) is 27.6 Å². The fourth-order valence-corrected chi connectivity index (χ4v) is 6.22. The number of hydrogen-bond donors (Lipinski definition) is 2. The van der Waals surface area contributed by atoms with Crippen molar-refractivity contribution >= 4 is 55.5 Å². The molecule has 1 aliphatic heterocycles. The minimum absolute atomic E-state index is 0.209. The molecule has 188 valence electrons. The molecule has 2 heterocycles. The highest BCUT2D eigenvalue weighted by Gasteiger charge is 2.22. The van der Waals surface area contributed by atoms with E-state index >= 15 is 0 Å². The summed E-state index contributed by atoms with van der Waals surface area (Å²) in [6.45, 7) is 2.22. The van der Waals surface area contributed by atoms with E-state index in [0.717, 1.165) is 38.4 Å². The molecule has 0 spiro atoms. The van der Waals surface area contributed by atoms with Gasteiger partial charge in [-0.2, -0.15) is 0 Å². The highest BCUT2D eigenvalue weighted by Crippen LogP contribution is 2.35. The van der Waals surface area contributed by atoms with Gasteiger partial charge >= 0.3 is 0 Å². The number of anilines is 2. The molecule has 2 N–H and O–H groups in total. The van der Waals surface area contributed by atoms with Crippen molar-refractivity contribution in [3.05, 3.63) is 82.2 Å². The number of rotatable bonds is 8. The van der Waals surface area contributed by atoms with Crippen LogP contribution in [0.5, 0.6) is 5.75 Å². The smallest absolute Gasteiger partial charge is 0.264 e. The number of ether oxygens (including phenoxy) is 1. The summed E-state index contributed by atoms with van der Waals surface area (Å²) in [5.74, 6) is -0.629. The van der Waals surface area contributed by atoms with Gasteiger partial charge in [0.05, 0.1) is 27.9 Å². The lowest BCUT2D eigenvalue weighted by atomic mass is 10.0. The van der Waals surface area contributed by atoms with Gasteiger partial charge in [0.15, 0.2) is 0 Å². The van der Waals surface area contributed by atoms with Crippen LogP contribution in [0.2, 0.25) is 10.0 Å². The summed E-state index contributed by atoms with van der Waals surface area (Å²) in [5.41, 5.74) is 3.24. The number of aromatic amines is 1. The normalized spacial score (nSPS) is 13.6. The van der Waals surface area contributed by atoms with Crippen LogP contribution in [0.1, 0.15) is 18.4 Å². The maximum atomic E-state index is 14.8. The number of hydrogen-bond acceptors (Lipinski definition) is 4. The van der Waals surface area contributed by atoms with E-state index in [4.69, 9.17) is 27.9 Å². The van der Waals surface area contributed by atoms with Gasteiger partial charge in [-0.25, -0.2) is 12.8 Å². The summed E-state index contributed by atoms with van der Waals surface area (Å²) in [5, 5.41) is 1.21. The molecule has 0 fully saturated rings. The SMILES string of the molecule is O=S(=O)(Nc1ccc(Cl)c2c(Cl)c[nH]c12)c1ccc(OCCCN2CCCc3ccccc32)cc1F. The minimum atomic E-state index is -4.22. The van der Waals surface area contributed by atoms with E-state index in [1.165, 1.54) is 41.7 Å². The van der Waals surface area contributed by atoms with Crippen LogP contribution in [-0.4, -0.2) is 33.1 Å². The lowest BCUT2D eigenvalue weighted by Crippen LogP contribution is -2.31. The quantitative estimate of drug-likeness (QED) is 0.242. The molecule has 0 bridgehead atoms. The van der Waals surface area contributed by atoms with Crippen molar-refractivity contribution in [2.75, 3.05) is 29.3 Å². The molecule has 0 unspecified atom stereocenters. The van der Waals surface area contributed by atoms with Gasteiger partial charge in [0.2, 0.25) is 0 Å². The number of benzene rings is 3. The van der Waals surface area contributed by atoms with Crippen molar-refractivity contribution in [2.45, 2.75) is 24.2 Å². The van der Waals surface area contributed by atoms with Crippen LogP contribution in [0.4, 0.5) is 15.8 Å². The van der Waals surface area contributed by atoms with Gasteiger partial charge in [-0.3, -0.25) is 4.72 Å². The lowest BCUT2D eigenvalue weighted by Gasteiger charge is -2.31. The number of halogens is 3. The highest BCUT2D eigenvalue weighted by molar-refractivity contribution is 7.92. The second kappa shape index (κ2) is 10.2. The largest absolute Gasteiger partial charge is 0.493 e. The number of nitrogens with one attached hydrogen (secondary N) is 2. The molecule has 0 atom stereocenters. The maximum Gasteiger partial charge on any atom is 0.264 e. The monoisotopic (exact) mass is 547 g/mol. The molecule has 0 saturated carbocycles. The van der Waals surface area contributed by atoms with Crippen molar-refractivity contribution in [1.82, 2.24) is 4.98 Å². The maximum absolute atomic E-state index is 14.8. The molecule has 0 aliphatic carbocycles. The first kappa shape index (κ1) is 24.7. The molecule has 1 aliphatic rings. The predicted octanol–water partition coefficient (Wildman–Crippen LogP) is 6.64. The Balaban J connectivity index is 1.23. The summed E-state index contributed by atoms with van der Waals surface area (Å²) in [6.07, 6.45) is 4.47. The van der Waals surface area contributed by atoms with E-state index < -0.39 is 20.7 Å². The van der Waals surface area contributed by atoms with Crippen LogP contribution in [0.15, 0.2) is 65.7 Å². The van der Waals surface area contributed by atoms with Crippen molar-refractivity contribution in [1.29, 1.82) is 0 Å². The van der Waals surface area contributed by atoms with Crippen molar-refractivity contribution in [2.24, 2.45) is 0 Å². The van der Waals surface area contributed by atoms with E-state index in [-0.39, 0.29) is 11.4 Å². The average molecular weight is 548 g/mol. The van der Waals surface area contributed by atoms with Crippen LogP contribution in [-0.2, 0) is 16.4 Å². The van der Waals surface area contributed by atoms with Crippen LogP contribution in [0.25, 0.3) is 10.9 Å². The second-order valence-electron chi connectivity index (χ2n) is 8.60. The molecule has 6 nitrogen and oxygen atoms in total. The van der Waals surface area contributed by atoms with Gasteiger partial charge in [0.25, 0.3) is 10.0 Å². The fourth-order valence-electron chi connectivity index (χ4n) is 4.53. The summed E-state index contributed by atoms with van der Waals surface area (Å²) >= 11 is 12.3. The third kappa shape index (κ3) is 4.98. The Morgan fingerprint density at radius 1 is 1.08 bits per heavy atom. The molecule has 1 aromatic heterocycles. The summed E-state index contributed by atoms with van der Waals surface area (Å²) < 4.78 is 48.8. The first-order valence-corrected chi connectivity index (χ1v) is 13.8. The number of fused-ring (bicyclic) bond motifs is 2. The molecule has 4 aromatic rings. The van der Waals surface area contributed by atoms with Crippen molar-refractivity contribution < 1.29 is 17.5 Å². The summed E-state index contributed by atoms with van der Waals surface area (Å²) in [7, 11) is -4.22. The third-order valence-corrected chi connectivity index (χ3v) is 8.23. The number of para-hydroxylation sites is 1. The Morgan fingerprint density at radius 2 is 1.92 bits per heavy atom. The number of H-pyrrole nitrogens is 1. The Bertz CT molecular complexity index is 1520. The molecule has 10 heteroatoms. The minimum Gasteiger partial charge on any atom is -0.493 e. The summed E-state index contributed by atoms with van der Waals surface area (Å²) in [6, 6.07) is 15.2. The lowest BCUT2D eigenvalue weighted by molar-refractivity contribution is 0.309. The van der Waals surface area contributed by atoms with Crippen molar-refractivity contribution in [3.8, 4) is 5.75 Å². The Kier molecular flexibility index (Phi) is 7.01. The van der Waals surface area contributed by atoms with E-state index in [1.54, 1.807) is 0 Å². The highest BCUT2D eigenvalue weighted by atomic mass is 35.5. The van der Waals surface area contributed by atoms with Gasteiger partial charge in [-0.1, -0.05) is 41.4 Å². The van der Waals surface area contributed by atoms with Gasteiger partial charge in [0, 0.05) is 36.4 Å². The van der Waals surface area contributed by atoms with E-state index in [9.17, 15) is 12.8 Å². The topological polar surface area (TPSA) is 74.4 Å². The van der Waals surface area contributed by atoms with Gasteiger partial charge in [-0.05, 0) is 55.2 Å². The number of aryl methyl sites for hydroxylation is 1. The van der Waals surface area contributed by atoms with Gasteiger partial charge in [0.1, 0.15) is 16.5 Å². The zero-order valence-electron chi connectivity index (χ0n) is 19.2.